The molecule has 1 heterocycles. The summed E-state index contributed by atoms with van der Waals surface area (Å²) in [7, 11) is 0. The van der Waals surface area contributed by atoms with Crippen molar-refractivity contribution in [2.75, 3.05) is 0 Å². The number of hydrogen-bond acceptors (Lipinski definition) is 2. The lowest BCUT2D eigenvalue weighted by Gasteiger charge is -2.32. The highest BCUT2D eigenvalue weighted by atomic mass is 15.3. The van der Waals surface area contributed by atoms with Crippen molar-refractivity contribution in [2.45, 2.75) is 111 Å². The molecule has 0 bridgehead atoms. The van der Waals surface area contributed by atoms with Crippen molar-refractivity contribution in [3.05, 3.63) is 11.8 Å². The average Bonchev–Trinajstić information content (AvgIpc) is 2.60. The quantitative estimate of drug-likeness (QED) is 0.415. The van der Waals surface area contributed by atoms with Gasteiger partial charge in [0.1, 0.15) is 0 Å². The number of hydrazone groups is 1. The van der Waals surface area contributed by atoms with E-state index in [9.17, 15) is 0 Å². The molecular formula is C23H42N2. The van der Waals surface area contributed by atoms with Gasteiger partial charge in [-0.1, -0.05) is 78.6 Å². The van der Waals surface area contributed by atoms with Crippen LogP contribution in [-0.2, 0) is 0 Å². The van der Waals surface area contributed by atoms with Gasteiger partial charge in [-0.2, -0.15) is 5.10 Å². The zero-order chi connectivity index (χ0) is 17.9. The monoisotopic (exact) mass is 346 g/mol. The van der Waals surface area contributed by atoms with Crippen molar-refractivity contribution in [1.29, 1.82) is 0 Å². The molecule has 144 valence electrons. The Labute approximate surface area is 156 Å². The summed E-state index contributed by atoms with van der Waals surface area (Å²) >= 11 is 0. The smallest absolute Gasteiger partial charge is 0.0454 e. The number of rotatable bonds is 10. The highest BCUT2D eigenvalue weighted by Crippen LogP contribution is 2.37. The normalized spacial score (nSPS) is 25.1. The maximum absolute atomic E-state index is 4.69. The Kier molecular flexibility index (Phi) is 9.65. The number of allylic oxidation sites excluding steroid dienone is 1. The second-order valence-electron chi connectivity index (χ2n) is 8.52. The van der Waals surface area contributed by atoms with Crippen molar-refractivity contribution in [3.63, 3.8) is 0 Å². The molecule has 1 fully saturated rings. The predicted molar refractivity (Wildman–Crippen MR) is 111 cm³/mol. The maximum Gasteiger partial charge on any atom is 0.0454 e. The van der Waals surface area contributed by atoms with Crippen LogP contribution in [-0.4, -0.2) is 5.71 Å². The van der Waals surface area contributed by atoms with Crippen LogP contribution < -0.4 is 5.43 Å². The van der Waals surface area contributed by atoms with E-state index in [1.165, 1.54) is 95.6 Å². The summed E-state index contributed by atoms with van der Waals surface area (Å²) < 4.78 is 0. The van der Waals surface area contributed by atoms with Gasteiger partial charge in [-0.15, -0.1) is 0 Å². The molecule has 0 amide bonds. The third kappa shape index (κ3) is 6.79. The minimum atomic E-state index is 0.652. The fourth-order valence-electron chi connectivity index (χ4n) is 4.74. The molecule has 0 saturated heterocycles. The molecule has 3 unspecified atom stereocenters. The van der Waals surface area contributed by atoms with E-state index in [4.69, 9.17) is 0 Å². The number of nitrogens with one attached hydrogen (secondary N) is 1. The first kappa shape index (κ1) is 20.5. The Morgan fingerprint density at radius 2 is 1.84 bits per heavy atom. The Balaban J connectivity index is 1.82. The van der Waals surface area contributed by atoms with E-state index in [1.807, 2.05) is 0 Å². The van der Waals surface area contributed by atoms with Gasteiger partial charge in [0.15, 0.2) is 0 Å². The van der Waals surface area contributed by atoms with E-state index in [-0.39, 0.29) is 0 Å². The van der Waals surface area contributed by atoms with Crippen molar-refractivity contribution < 1.29 is 0 Å². The highest BCUT2D eigenvalue weighted by molar-refractivity contribution is 5.89. The van der Waals surface area contributed by atoms with Crippen LogP contribution in [0.15, 0.2) is 16.9 Å². The standard InChI is InChI=1S/C23H42N2/c1-4-6-8-9-10-15-23-22-14-11-13-20(19(3)12-7-5-2)16-17-21(22)18-24-25-23/h18-20,22,24H,4-17H2,1-3H3. The second kappa shape index (κ2) is 11.8. The van der Waals surface area contributed by atoms with Crippen LogP contribution in [0.4, 0.5) is 0 Å². The fraction of sp³-hybridized carbons (Fsp3) is 0.870. The summed E-state index contributed by atoms with van der Waals surface area (Å²) in [4.78, 5) is 0. The van der Waals surface area contributed by atoms with Crippen molar-refractivity contribution in [3.8, 4) is 0 Å². The van der Waals surface area contributed by atoms with Gasteiger partial charge in [0.05, 0.1) is 0 Å². The van der Waals surface area contributed by atoms with Crippen LogP contribution in [0.3, 0.4) is 0 Å². The first-order valence-corrected chi connectivity index (χ1v) is 11.3. The molecule has 25 heavy (non-hydrogen) atoms. The van der Waals surface area contributed by atoms with Crippen LogP contribution in [0.5, 0.6) is 0 Å². The van der Waals surface area contributed by atoms with Crippen molar-refractivity contribution >= 4 is 5.71 Å². The average molecular weight is 347 g/mol. The van der Waals surface area contributed by atoms with Crippen molar-refractivity contribution in [2.24, 2.45) is 22.9 Å². The zero-order valence-corrected chi connectivity index (χ0v) is 17.2. The summed E-state index contributed by atoms with van der Waals surface area (Å²) in [6.45, 7) is 7.10. The van der Waals surface area contributed by atoms with Gasteiger partial charge < -0.3 is 0 Å². The Morgan fingerprint density at radius 3 is 2.64 bits per heavy atom. The van der Waals surface area contributed by atoms with Gasteiger partial charge >= 0.3 is 0 Å². The molecule has 0 aromatic carbocycles. The van der Waals surface area contributed by atoms with Gasteiger partial charge in [-0.05, 0) is 49.5 Å². The van der Waals surface area contributed by atoms with Crippen LogP contribution >= 0.6 is 0 Å². The van der Waals surface area contributed by atoms with E-state index >= 15 is 0 Å². The van der Waals surface area contributed by atoms with E-state index in [1.54, 1.807) is 5.57 Å². The lowest BCUT2D eigenvalue weighted by Crippen LogP contribution is -2.27. The van der Waals surface area contributed by atoms with Crippen LogP contribution in [0.25, 0.3) is 0 Å². The lowest BCUT2D eigenvalue weighted by molar-refractivity contribution is 0.272. The predicted octanol–water partition coefficient (Wildman–Crippen LogP) is 7.21. The Morgan fingerprint density at radius 1 is 1.04 bits per heavy atom. The summed E-state index contributed by atoms with van der Waals surface area (Å²) in [5, 5.41) is 4.69. The molecule has 0 radical (unpaired) electrons. The Hall–Kier alpha value is -0.790. The molecule has 1 N–H and O–H groups in total. The van der Waals surface area contributed by atoms with E-state index in [0.29, 0.717) is 5.92 Å². The molecule has 2 rings (SSSR count). The van der Waals surface area contributed by atoms with Crippen molar-refractivity contribution in [1.82, 2.24) is 5.43 Å². The molecule has 1 aliphatic heterocycles. The van der Waals surface area contributed by atoms with Gasteiger partial charge in [-0.3, -0.25) is 5.43 Å². The van der Waals surface area contributed by atoms with Crippen LogP contribution in [0.1, 0.15) is 111 Å². The highest BCUT2D eigenvalue weighted by Gasteiger charge is 2.27. The van der Waals surface area contributed by atoms with Crippen LogP contribution in [0.2, 0.25) is 0 Å². The summed E-state index contributed by atoms with van der Waals surface area (Å²) in [5.74, 6) is 2.49. The summed E-state index contributed by atoms with van der Waals surface area (Å²) in [6, 6.07) is 0. The number of nitrogens with zero attached hydrogens (tertiary/aromatic N) is 1. The van der Waals surface area contributed by atoms with E-state index < -0.39 is 0 Å². The van der Waals surface area contributed by atoms with E-state index in [0.717, 1.165) is 11.8 Å². The molecule has 2 heteroatoms. The topological polar surface area (TPSA) is 24.4 Å². The van der Waals surface area contributed by atoms with Gasteiger partial charge in [0.2, 0.25) is 0 Å². The molecule has 0 spiro atoms. The largest absolute Gasteiger partial charge is 0.286 e. The SMILES string of the molecule is CCCCCCCC1=NNC=C2CCC(C(C)CCCC)CCCC21. The first-order valence-electron chi connectivity index (χ1n) is 11.3. The minimum Gasteiger partial charge on any atom is -0.286 e. The maximum atomic E-state index is 4.69. The summed E-state index contributed by atoms with van der Waals surface area (Å²) in [5.41, 5.74) is 6.33. The zero-order valence-electron chi connectivity index (χ0n) is 17.2. The number of hydrogen-bond donors (Lipinski definition) is 1. The van der Waals surface area contributed by atoms with Gasteiger partial charge in [0.25, 0.3) is 0 Å². The van der Waals surface area contributed by atoms with Gasteiger partial charge in [0, 0.05) is 17.8 Å². The fourth-order valence-corrected chi connectivity index (χ4v) is 4.74. The third-order valence-corrected chi connectivity index (χ3v) is 6.53. The van der Waals surface area contributed by atoms with Crippen LogP contribution in [0, 0.1) is 17.8 Å². The molecule has 2 aliphatic rings. The molecule has 0 aromatic rings. The first-order chi connectivity index (χ1) is 12.3. The Bertz CT molecular complexity index is 424. The second-order valence-corrected chi connectivity index (χ2v) is 8.52. The lowest BCUT2D eigenvalue weighted by atomic mass is 9.75. The number of unbranched alkanes of at least 4 members (excludes halogenated alkanes) is 5. The summed E-state index contributed by atoms with van der Waals surface area (Å²) in [6.07, 6.45) is 21.2. The third-order valence-electron chi connectivity index (χ3n) is 6.53. The van der Waals surface area contributed by atoms with E-state index in [2.05, 4.69) is 37.5 Å². The van der Waals surface area contributed by atoms with Gasteiger partial charge in [-0.25, -0.2) is 0 Å². The molecule has 3 atom stereocenters. The number of fused-ring (bicyclic) bond motifs is 1. The molecule has 0 aromatic heterocycles. The molecule has 1 aliphatic carbocycles. The molecule has 2 nitrogen and oxygen atoms in total. The molecular weight excluding hydrogens is 304 g/mol. The minimum absolute atomic E-state index is 0.652. The molecule has 1 saturated carbocycles.